The molecule has 0 saturated carbocycles. The number of hydrogen-bond donors (Lipinski definition) is 1. The van der Waals surface area contributed by atoms with Crippen molar-refractivity contribution in [1.29, 1.82) is 0 Å². The fourth-order valence-corrected chi connectivity index (χ4v) is 1.41. The van der Waals surface area contributed by atoms with E-state index >= 15 is 0 Å². The monoisotopic (exact) mass is 276 g/mol. The summed E-state index contributed by atoms with van der Waals surface area (Å²) in [5, 5.41) is 9.51. The summed E-state index contributed by atoms with van der Waals surface area (Å²) in [6.07, 6.45) is 3.27. The quantitative estimate of drug-likeness (QED) is 0.856. The summed E-state index contributed by atoms with van der Waals surface area (Å²) < 4.78 is 0.911. The summed E-state index contributed by atoms with van der Waals surface area (Å²) in [6.45, 7) is 0. The highest BCUT2D eigenvalue weighted by Crippen LogP contribution is 2.16. The summed E-state index contributed by atoms with van der Waals surface area (Å²) in [7, 11) is 0. The summed E-state index contributed by atoms with van der Waals surface area (Å²) in [6, 6.07) is 10.7. The van der Waals surface area contributed by atoms with Gasteiger partial charge in [-0.05, 0) is 40.2 Å². The zero-order valence-corrected chi connectivity index (χ0v) is 9.92. The SMILES string of the molecule is Oc1ccccc1C=Nc1ccc(Br)cn1. The largest absolute Gasteiger partial charge is 0.507 e. The molecule has 0 bridgehead atoms. The molecule has 1 aromatic heterocycles. The zero-order chi connectivity index (χ0) is 11.4. The van der Waals surface area contributed by atoms with Gasteiger partial charge in [0, 0.05) is 22.4 Å². The lowest BCUT2D eigenvalue weighted by atomic mass is 10.2. The number of hydrogen-bond acceptors (Lipinski definition) is 3. The van der Waals surface area contributed by atoms with Gasteiger partial charge in [-0.3, -0.25) is 0 Å². The highest BCUT2D eigenvalue weighted by molar-refractivity contribution is 9.10. The maximum absolute atomic E-state index is 9.51. The van der Waals surface area contributed by atoms with Gasteiger partial charge in [-0.25, -0.2) is 9.98 Å². The van der Waals surface area contributed by atoms with Gasteiger partial charge in [0.2, 0.25) is 0 Å². The van der Waals surface area contributed by atoms with Crippen molar-refractivity contribution in [3.8, 4) is 5.75 Å². The fraction of sp³-hybridized carbons (Fsp3) is 0. The van der Waals surface area contributed by atoms with E-state index in [2.05, 4.69) is 25.9 Å². The van der Waals surface area contributed by atoms with E-state index in [0.717, 1.165) is 4.47 Å². The fourth-order valence-electron chi connectivity index (χ4n) is 1.18. The number of pyridine rings is 1. The van der Waals surface area contributed by atoms with Crippen molar-refractivity contribution in [2.24, 2.45) is 4.99 Å². The molecule has 0 unspecified atom stereocenters. The number of nitrogens with zero attached hydrogens (tertiary/aromatic N) is 2. The number of aliphatic imine (C=N–C) groups is 1. The molecule has 2 rings (SSSR count). The second-order valence-corrected chi connectivity index (χ2v) is 4.07. The van der Waals surface area contributed by atoms with Crippen LogP contribution in [0.3, 0.4) is 0 Å². The van der Waals surface area contributed by atoms with Gasteiger partial charge in [0.1, 0.15) is 5.75 Å². The summed E-state index contributed by atoms with van der Waals surface area (Å²) in [5.41, 5.74) is 0.673. The lowest BCUT2D eigenvalue weighted by Crippen LogP contribution is -1.81. The van der Waals surface area contributed by atoms with Crippen LogP contribution in [0.5, 0.6) is 5.75 Å². The molecule has 1 heterocycles. The minimum Gasteiger partial charge on any atom is -0.507 e. The number of aromatic nitrogens is 1. The molecular weight excluding hydrogens is 268 g/mol. The van der Waals surface area contributed by atoms with E-state index in [4.69, 9.17) is 0 Å². The van der Waals surface area contributed by atoms with Crippen molar-refractivity contribution in [2.45, 2.75) is 0 Å². The van der Waals surface area contributed by atoms with Crippen LogP contribution in [0, 0.1) is 0 Å². The van der Waals surface area contributed by atoms with Crippen molar-refractivity contribution < 1.29 is 5.11 Å². The minimum atomic E-state index is 0.211. The Kier molecular flexibility index (Phi) is 3.31. The average Bonchev–Trinajstić information content (AvgIpc) is 2.30. The van der Waals surface area contributed by atoms with Gasteiger partial charge < -0.3 is 5.11 Å². The molecule has 0 aliphatic rings. The molecule has 0 aliphatic heterocycles. The number of phenols is 1. The van der Waals surface area contributed by atoms with Crippen LogP contribution in [-0.4, -0.2) is 16.3 Å². The Morgan fingerprint density at radius 1 is 1.19 bits per heavy atom. The number of rotatable bonds is 2. The molecule has 0 aliphatic carbocycles. The van der Waals surface area contributed by atoms with Crippen molar-refractivity contribution in [3.63, 3.8) is 0 Å². The third-order valence-electron chi connectivity index (χ3n) is 1.98. The Morgan fingerprint density at radius 3 is 2.69 bits per heavy atom. The van der Waals surface area contributed by atoms with Crippen molar-refractivity contribution in [1.82, 2.24) is 4.98 Å². The van der Waals surface area contributed by atoms with Crippen LogP contribution >= 0.6 is 15.9 Å². The predicted octanol–water partition coefficient (Wildman–Crippen LogP) is 3.30. The Balaban J connectivity index is 2.21. The predicted molar refractivity (Wildman–Crippen MR) is 67.3 cm³/mol. The summed E-state index contributed by atoms with van der Waals surface area (Å²) in [5.74, 6) is 0.815. The van der Waals surface area contributed by atoms with Gasteiger partial charge in [0.25, 0.3) is 0 Å². The van der Waals surface area contributed by atoms with E-state index in [1.54, 1.807) is 36.7 Å². The normalized spacial score (nSPS) is 10.8. The van der Waals surface area contributed by atoms with E-state index in [-0.39, 0.29) is 5.75 Å². The van der Waals surface area contributed by atoms with Crippen LogP contribution in [0.15, 0.2) is 52.1 Å². The second kappa shape index (κ2) is 4.90. The van der Waals surface area contributed by atoms with E-state index in [1.165, 1.54) is 0 Å². The molecule has 0 spiro atoms. The van der Waals surface area contributed by atoms with Crippen LogP contribution in [0.2, 0.25) is 0 Å². The smallest absolute Gasteiger partial charge is 0.151 e. The molecule has 2 aromatic rings. The number of para-hydroxylation sites is 1. The van der Waals surface area contributed by atoms with Gasteiger partial charge in [0.05, 0.1) is 0 Å². The lowest BCUT2D eigenvalue weighted by Gasteiger charge is -1.96. The summed E-state index contributed by atoms with van der Waals surface area (Å²) >= 11 is 3.30. The molecule has 16 heavy (non-hydrogen) atoms. The van der Waals surface area contributed by atoms with Crippen LogP contribution < -0.4 is 0 Å². The molecule has 1 N–H and O–H groups in total. The van der Waals surface area contributed by atoms with Gasteiger partial charge in [0.15, 0.2) is 5.82 Å². The molecule has 0 saturated heterocycles. The van der Waals surface area contributed by atoms with E-state index in [9.17, 15) is 5.11 Å². The third kappa shape index (κ3) is 2.67. The van der Waals surface area contributed by atoms with Gasteiger partial charge >= 0.3 is 0 Å². The highest BCUT2D eigenvalue weighted by atomic mass is 79.9. The number of benzene rings is 1. The first-order valence-corrected chi connectivity index (χ1v) is 5.48. The Bertz CT molecular complexity index is 509. The van der Waals surface area contributed by atoms with Crippen molar-refractivity contribution >= 4 is 28.0 Å². The topological polar surface area (TPSA) is 45.5 Å². The first-order chi connectivity index (χ1) is 7.75. The summed E-state index contributed by atoms with van der Waals surface area (Å²) in [4.78, 5) is 8.26. The van der Waals surface area contributed by atoms with Gasteiger partial charge in [-0.1, -0.05) is 12.1 Å². The van der Waals surface area contributed by atoms with Gasteiger partial charge in [-0.15, -0.1) is 0 Å². The molecule has 0 atom stereocenters. The van der Waals surface area contributed by atoms with Crippen LogP contribution in [0.25, 0.3) is 0 Å². The molecule has 3 nitrogen and oxygen atoms in total. The van der Waals surface area contributed by atoms with Crippen LogP contribution in [0.4, 0.5) is 5.82 Å². The maximum Gasteiger partial charge on any atom is 0.151 e. The Hall–Kier alpha value is -1.68. The molecule has 4 heteroatoms. The molecule has 80 valence electrons. The number of phenolic OH excluding ortho intramolecular Hbond substituents is 1. The third-order valence-corrected chi connectivity index (χ3v) is 2.45. The van der Waals surface area contributed by atoms with Crippen LogP contribution in [0.1, 0.15) is 5.56 Å². The standard InChI is InChI=1S/C12H9BrN2O/c13-10-5-6-12(15-8-10)14-7-9-3-1-2-4-11(9)16/h1-8,16H. The van der Waals surface area contributed by atoms with E-state index in [1.807, 2.05) is 12.1 Å². The zero-order valence-electron chi connectivity index (χ0n) is 8.34. The second-order valence-electron chi connectivity index (χ2n) is 3.15. The molecule has 1 aromatic carbocycles. The van der Waals surface area contributed by atoms with Crippen LogP contribution in [-0.2, 0) is 0 Å². The molecule has 0 radical (unpaired) electrons. The Labute approximate surface area is 102 Å². The highest BCUT2D eigenvalue weighted by Gasteiger charge is 1.95. The van der Waals surface area contributed by atoms with E-state index < -0.39 is 0 Å². The van der Waals surface area contributed by atoms with Crippen molar-refractivity contribution in [3.05, 3.63) is 52.6 Å². The first kappa shape index (κ1) is 10.8. The minimum absolute atomic E-state index is 0.211. The van der Waals surface area contributed by atoms with E-state index in [0.29, 0.717) is 11.4 Å². The lowest BCUT2D eigenvalue weighted by molar-refractivity contribution is 0.474. The van der Waals surface area contributed by atoms with Gasteiger partial charge in [-0.2, -0.15) is 0 Å². The first-order valence-electron chi connectivity index (χ1n) is 4.69. The molecular formula is C12H9BrN2O. The Morgan fingerprint density at radius 2 is 2.00 bits per heavy atom. The molecule has 0 fully saturated rings. The number of halogens is 1. The number of aromatic hydroxyl groups is 1. The van der Waals surface area contributed by atoms with Crippen molar-refractivity contribution in [2.75, 3.05) is 0 Å². The average molecular weight is 277 g/mol. The molecule has 0 amide bonds. The maximum atomic E-state index is 9.51.